The number of aliphatic hydroxyl groups is 3. The minimum atomic E-state index is -1.21. The molecule has 1 fully saturated rings. The zero-order valence-electron chi connectivity index (χ0n) is 17.0. The van der Waals surface area contributed by atoms with E-state index in [0.717, 1.165) is 43.2 Å². The first-order chi connectivity index (χ1) is 14.6. The molecular formula is C23H27N3O4. The lowest BCUT2D eigenvalue weighted by molar-refractivity contribution is -0.0848. The Balaban J connectivity index is 1.42. The van der Waals surface area contributed by atoms with Gasteiger partial charge in [0.2, 0.25) is 0 Å². The minimum absolute atomic E-state index is 0.656. The molecule has 0 amide bonds. The van der Waals surface area contributed by atoms with Crippen LogP contribution in [0.25, 0.3) is 11.0 Å². The van der Waals surface area contributed by atoms with Crippen LogP contribution in [0.5, 0.6) is 0 Å². The SMILES string of the molecule is CCCCc1ncnc2c1ccn2[C@@H]1O[C@H]([C@H](O)c2ccc3c(c2)CC3)[C@@H](O)[C@H]1O. The van der Waals surface area contributed by atoms with E-state index in [9.17, 15) is 15.3 Å². The predicted octanol–water partition coefficient (Wildman–Crippen LogP) is 2.23. The molecular weight excluding hydrogens is 382 g/mol. The van der Waals surface area contributed by atoms with Crippen molar-refractivity contribution in [3.63, 3.8) is 0 Å². The molecule has 0 unspecified atom stereocenters. The van der Waals surface area contributed by atoms with Gasteiger partial charge in [0.05, 0.1) is 5.69 Å². The highest BCUT2D eigenvalue weighted by Crippen LogP contribution is 2.38. The lowest BCUT2D eigenvalue weighted by Gasteiger charge is -2.25. The third-order valence-corrected chi connectivity index (χ3v) is 6.46. The molecule has 5 rings (SSSR count). The van der Waals surface area contributed by atoms with Crippen molar-refractivity contribution in [2.24, 2.45) is 0 Å². The van der Waals surface area contributed by atoms with Crippen molar-refractivity contribution in [3.05, 3.63) is 59.2 Å². The largest absolute Gasteiger partial charge is 0.387 e. The topological polar surface area (TPSA) is 101 Å². The summed E-state index contributed by atoms with van der Waals surface area (Å²) < 4.78 is 7.74. The van der Waals surface area contributed by atoms with Gasteiger partial charge in [0, 0.05) is 11.6 Å². The van der Waals surface area contributed by atoms with Gasteiger partial charge in [0.25, 0.3) is 0 Å². The van der Waals surface area contributed by atoms with E-state index in [0.29, 0.717) is 11.2 Å². The van der Waals surface area contributed by atoms with Crippen molar-refractivity contribution in [3.8, 4) is 0 Å². The van der Waals surface area contributed by atoms with Crippen LogP contribution in [0.2, 0.25) is 0 Å². The van der Waals surface area contributed by atoms with Crippen molar-refractivity contribution in [1.29, 1.82) is 0 Å². The van der Waals surface area contributed by atoms with Crippen LogP contribution >= 0.6 is 0 Å². The predicted molar refractivity (Wildman–Crippen MR) is 111 cm³/mol. The fourth-order valence-corrected chi connectivity index (χ4v) is 4.54. The van der Waals surface area contributed by atoms with Crippen LogP contribution in [0.15, 0.2) is 36.8 Å². The summed E-state index contributed by atoms with van der Waals surface area (Å²) in [4.78, 5) is 8.79. The maximum atomic E-state index is 10.9. The summed E-state index contributed by atoms with van der Waals surface area (Å²) in [5.74, 6) is 0. The van der Waals surface area contributed by atoms with E-state index < -0.39 is 30.6 Å². The molecule has 3 aromatic rings. The van der Waals surface area contributed by atoms with Crippen LogP contribution in [0.3, 0.4) is 0 Å². The summed E-state index contributed by atoms with van der Waals surface area (Å²) in [5.41, 5.74) is 4.85. The van der Waals surface area contributed by atoms with Crippen molar-refractivity contribution in [2.45, 2.75) is 69.7 Å². The highest BCUT2D eigenvalue weighted by Gasteiger charge is 2.47. The Kier molecular flexibility index (Phi) is 5.06. The Morgan fingerprint density at radius 2 is 1.97 bits per heavy atom. The van der Waals surface area contributed by atoms with Crippen molar-refractivity contribution >= 4 is 11.0 Å². The highest BCUT2D eigenvalue weighted by molar-refractivity contribution is 5.78. The number of fused-ring (bicyclic) bond motifs is 2. The minimum Gasteiger partial charge on any atom is -0.387 e. The van der Waals surface area contributed by atoms with E-state index in [-0.39, 0.29) is 0 Å². The monoisotopic (exact) mass is 409 g/mol. The second-order valence-corrected chi connectivity index (χ2v) is 8.33. The molecule has 2 aliphatic rings. The normalized spacial score (nSPS) is 26.5. The number of aromatic nitrogens is 3. The van der Waals surface area contributed by atoms with Gasteiger partial charge in [-0.25, -0.2) is 9.97 Å². The number of ether oxygens (including phenoxy) is 1. The fourth-order valence-electron chi connectivity index (χ4n) is 4.54. The van der Waals surface area contributed by atoms with E-state index in [1.165, 1.54) is 17.5 Å². The molecule has 3 N–H and O–H groups in total. The van der Waals surface area contributed by atoms with Crippen LogP contribution in [0.4, 0.5) is 0 Å². The molecule has 0 spiro atoms. The summed E-state index contributed by atoms with van der Waals surface area (Å²) in [6.45, 7) is 2.14. The van der Waals surface area contributed by atoms with Gasteiger partial charge in [-0.3, -0.25) is 0 Å². The van der Waals surface area contributed by atoms with E-state index in [4.69, 9.17) is 4.74 Å². The highest BCUT2D eigenvalue weighted by atomic mass is 16.6. The Morgan fingerprint density at radius 3 is 2.70 bits per heavy atom. The van der Waals surface area contributed by atoms with Gasteiger partial charge in [0.1, 0.15) is 36.4 Å². The fraction of sp³-hybridized carbons (Fsp3) is 0.478. The molecule has 5 atom stereocenters. The molecule has 30 heavy (non-hydrogen) atoms. The zero-order valence-corrected chi connectivity index (χ0v) is 17.0. The third kappa shape index (κ3) is 3.13. The first kappa shape index (κ1) is 19.6. The standard InChI is InChI=1S/C23H27N3O4/c1-2-3-4-17-16-9-10-26(22(16)25-12-24-17)23-20(29)19(28)21(30-23)18(27)15-8-6-13-5-7-14(13)11-15/h6,8-12,18-21,23,27-29H,2-5,7H2,1H3/t18-,19+,20-,21-,23-/m1/s1. The van der Waals surface area contributed by atoms with Gasteiger partial charge >= 0.3 is 0 Å². The van der Waals surface area contributed by atoms with Crippen molar-refractivity contribution in [1.82, 2.24) is 14.5 Å². The van der Waals surface area contributed by atoms with Gasteiger partial charge in [-0.2, -0.15) is 0 Å². The van der Waals surface area contributed by atoms with E-state index in [1.807, 2.05) is 24.3 Å². The van der Waals surface area contributed by atoms with E-state index >= 15 is 0 Å². The van der Waals surface area contributed by atoms with Gasteiger partial charge in [-0.15, -0.1) is 0 Å². The lowest BCUT2D eigenvalue weighted by atomic mass is 9.85. The van der Waals surface area contributed by atoms with E-state index in [2.05, 4.69) is 16.9 Å². The van der Waals surface area contributed by atoms with Gasteiger partial charge < -0.3 is 24.6 Å². The third-order valence-electron chi connectivity index (χ3n) is 6.46. The van der Waals surface area contributed by atoms with Crippen LogP contribution in [0, 0.1) is 0 Å². The number of rotatable bonds is 6. The molecule has 7 nitrogen and oxygen atoms in total. The van der Waals surface area contributed by atoms with Crippen LogP contribution in [-0.2, 0) is 24.0 Å². The second kappa shape index (κ2) is 7.74. The Bertz CT molecular complexity index is 1070. The molecule has 7 heteroatoms. The van der Waals surface area contributed by atoms with Crippen LogP contribution < -0.4 is 0 Å². The number of aryl methyl sites for hydroxylation is 3. The molecule has 1 aliphatic carbocycles. The average molecular weight is 409 g/mol. The number of benzene rings is 1. The summed E-state index contributed by atoms with van der Waals surface area (Å²) >= 11 is 0. The first-order valence-corrected chi connectivity index (χ1v) is 10.7. The van der Waals surface area contributed by atoms with Gasteiger partial charge in [-0.1, -0.05) is 31.5 Å². The number of aliphatic hydroxyl groups excluding tert-OH is 3. The lowest BCUT2D eigenvalue weighted by Crippen LogP contribution is -2.35. The van der Waals surface area contributed by atoms with Crippen molar-refractivity contribution < 1.29 is 20.1 Å². The number of unbranched alkanes of at least 4 members (excludes halogenated alkanes) is 1. The number of hydrogen-bond acceptors (Lipinski definition) is 6. The number of hydrogen-bond donors (Lipinski definition) is 3. The van der Waals surface area contributed by atoms with Gasteiger partial charge in [0.15, 0.2) is 6.23 Å². The molecule has 1 saturated heterocycles. The maximum absolute atomic E-state index is 10.9. The maximum Gasteiger partial charge on any atom is 0.164 e. The average Bonchev–Trinajstić information content (AvgIpc) is 3.29. The summed E-state index contributed by atoms with van der Waals surface area (Å²) in [6.07, 6.45) is 3.18. The summed E-state index contributed by atoms with van der Waals surface area (Å²) in [7, 11) is 0. The van der Waals surface area contributed by atoms with Crippen LogP contribution in [-0.4, -0.2) is 48.2 Å². The summed E-state index contributed by atoms with van der Waals surface area (Å²) in [5, 5.41) is 33.2. The van der Waals surface area contributed by atoms with Crippen molar-refractivity contribution in [2.75, 3.05) is 0 Å². The molecule has 0 bridgehead atoms. The Hall–Kier alpha value is -2.32. The smallest absolute Gasteiger partial charge is 0.164 e. The number of nitrogens with zero attached hydrogens (tertiary/aromatic N) is 3. The molecule has 1 aromatic carbocycles. The molecule has 0 saturated carbocycles. The summed E-state index contributed by atoms with van der Waals surface area (Å²) in [6, 6.07) is 7.78. The van der Waals surface area contributed by atoms with E-state index in [1.54, 1.807) is 10.8 Å². The molecule has 0 radical (unpaired) electrons. The quantitative estimate of drug-likeness (QED) is 0.577. The Labute approximate surface area is 175 Å². The molecule has 3 heterocycles. The molecule has 1 aliphatic heterocycles. The molecule has 158 valence electrons. The molecule has 2 aromatic heterocycles. The second-order valence-electron chi connectivity index (χ2n) is 8.33. The Morgan fingerprint density at radius 1 is 1.13 bits per heavy atom. The van der Waals surface area contributed by atoms with Crippen LogP contribution in [0.1, 0.15) is 54.5 Å². The zero-order chi connectivity index (χ0) is 20.8. The first-order valence-electron chi connectivity index (χ1n) is 10.7. The van der Waals surface area contributed by atoms with Gasteiger partial charge in [-0.05, 0) is 48.4 Å².